The predicted molar refractivity (Wildman–Crippen MR) is 102 cm³/mol. The van der Waals surface area contributed by atoms with Gasteiger partial charge in [0.1, 0.15) is 16.5 Å². The molecule has 1 fully saturated rings. The zero-order chi connectivity index (χ0) is 18.8. The van der Waals surface area contributed by atoms with Gasteiger partial charge < -0.3 is 9.80 Å². The van der Waals surface area contributed by atoms with E-state index in [9.17, 15) is 13.6 Å². The Kier molecular flexibility index (Phi) is 4.85. The van der Waals surface area contributed by atoms with Crippen LogP contribution >= 0.6 is 11.5 Å². The number of nitrogens with zero attached hydrogens (tertiary/aromatic N) is 3. The van der Waals surface area contributed by atoms with Crippen LogP contribution in [0.4, 0.5) is 14.5 Å². The Morgan fingerprint density at radius 3 is 2.37 bits per heavy atom. The van der Waals surface area contributed by atoms with Gasteiger partial charge in [0.05, 0.1) is 5.69 Å². The smallest absolute Gasteiger partial charge is 0.265 e. The van der Waals surface area contributed by atoms with E-state index in [0.29, 0.717) is 42.3 Å². The van der Waals surface area contributed by atoms with E-state index in [1.54, 1.807) is 35.2 Å². The summed E-state index contributed by atoms with van der Waals surface area (Å²) >= 11 is 1.13. The Hall–Kier alpha value is -2.80. The third-order valence-corrected chi connectivity index (χ3v) is 5.38. The molecule has 0 spiro atoms. The molecule has 0 atom stereocenters. The first-order chi connectivity index (χ1) is 13.1. The number of benzene rings is 2. The van der Waals surface area contributed by atoms with E-state index >= 15 is 0 Å². The summed E-state index contributed by atoms with van der Waals surface area (Å²) in [6, 6.07) is 14.3. The van der Waals surface area contributed by atoms with Crippen LogP contribution in [-0.2, 0) is 0 Å². The molecule has 27 heavy (non-hydrogen) atoms. The minimum absolute atomic E-state index is 0.0612. The largest absolute Gasteiger partial charge is 0.368 e. The van der Waals surface area contributed by atoms with Crippen molar-refractivity contribution in [3.05, 3.63) is 71.1 Å². The van der Waals surface area contributed by atoms with Crippen LogP contribution in [0.15, 0.2) is 54.6 Å². The highest BCUT2D eigenvalue weighted by Gasteiger charge is 2.24. The Morgan fingerprint density at radius 2 is 1.67 bits per heavy atom. The molecule has 0 N–H and O–H groups in total. The molecule has 0 unspecified atom stereocenters. The number of halogens is 2. The standard InChI is InChI=1S/C20H17F2N3OS/c21-15-4-6-17(7-5-15)24-8-10-25(11-9-24)20(26)19-13-18(23-27-19)14-2-1-3-16(22)12-14/h1-7,12-13H,8-11H2. The second-order valence-corrected chi connectivity index (χ2v) is 7.15. The monoisotopic (exact) mass is 385 g/mol. The first-order valence-corrected chi connectivity index (χ1v) is 9.40. The molecular weight excluding hydrogens is 368 g/mol. The summed E-state index contributed by atoms with van der Waals surface area (Å²) in [5.41, 5.74) is 2.22. The Labute approximate surface area is 159 Å². The van der Waals surface area contributed by atoms with Crippen LogP contribution in [0.2, 0.25) is 0 Å². The summed E-state index contributed by atoms with van der Waals surface area (Å²) in [6.45, 7) is 2.55. The van der Waals surface area contributed by atoms with Crippen molar-refractivity contribution in [2.45, 2.75) is 0 Å². The lowest BCUT2D eigenvalue weighted by Gasteiger charge is -2.35. The number of hydrogen-bond donors (Lipinski definition) is 0. The molecule has 1 amide bonds. The summed E-state index contributed by atoms with van der Waals surface area (Å²) < 4.78 is 30.7. The predicted octanol–water partition coefficient (Wildman–Crippen LogP) is 4.05. The second kappa shape index (κ2) is 7.44. The van der Waals surface area contributed by atoms with Crippen molar-refractivity contribution >= 4 is 23.1 Å². The number of piperazine rings is 1. The van der Waals surface area contributed by atoms with E-state index in [1.165, 1.54) is 24.3 Å². The molecule has 4 rings (SSSR count). The van der Waals surface area contributed by atoms with Gasteiger partial charge in [0.2, 0.25) is 0 Å². The highest BCUT2D eigenvalue weighted by Crippen LogP contribution is 2.24. The van der Waals surface area contributed by atoms with Gasteiger partial charge in [-0.3, -0.25) is 4.79 Å². The van der Waals surface area contributed by atoms with Crippen LogP contribution in [0.3, 0.4) is 0 Å². The van der Waals surface area contributed by atoms with E-state index < -0.39 is 0 Å². The molecular formula is C20H17F2N3OS. The maximum absolute atomic E-state index is 13.4. The fourth-order valence-corrected chi connectivity index (χ4v) is 3.86. The summed E-state index contributed by atoms with van der Waals surface area (Å²) in [4.78, 5) is 17.2. The van der Waals surface area contributed by atoms with Crippen LogP contribution in [0, 0.1) is 11.6 Å². The number of aromatic nitrogens is 1. The van der Waals surface area contributed by atoms with Gasteiger partial charge in [0.15, 0.2) is 0 Å². The molecule has 2 heterocycles. The maximum Gasteiger partial charge on any atom is 0.265 e. The molecule has 138 valence electrons. The number of hydrogen-bond acceptors (Lipinski definition) is 4. The minimum Gasteiger partial charge on any atom is -0.368 e. The highest BCUT2D eigenvalue weighted by molar-refractivity contribution is 7.08. The zero-order valence-corrected chi connectivity index (χ0v) is 15.3. The summed E-state index contributed by atoms with van der Waals surface area (Å²) in [6.07, 6.45) is 0. The summed E-state index contributed by atoms with van der Waals surface area (Å²) in [7, 11) is 0. The molecule has 1 saturated heterocycles. The van der Waals surface area contributed by atoms with Crippen LogP contribution in [0.25, 0.3) is 11.3 Å². The quantitative estimate of drug-likeness (QED) is 0.683. The average Bonchev–Trinajstić information content (AvgIpc) is 3.18. The molecule has 1 aliphatic rings. The van der Waals surface area contributed by atoms with Gasteiger partial charge in [0.25, 0.3) is 5.91 Å². The lowest BCUT2D eigenvalue weighted by molar-refractivity contribution is 0.0751. The molecule has 7 heteroatoms. The van der Waals surface area contributed by atoms with Crippen LogP contribution < -0.4 is 4.90 Å². The first-order valence-electron chi connectivity index (χ1n) is 8.62. The minimum atomic E-state index is -0.328. The average molecular weight is 385 g/mol. The summed E-state index contributed by atoms with van der Waals surface area (Å²) in [5.74, 6) is -0.647. The van der Waals surface area contributed by atoms with Crippen molar-refractivity contribution in [3.63, 3.8) is 0 Å². The van der Waals surface area contributed by atoms with Gasteiger partial charge in [0, 0.05) is 37.4 Å². The van der Waals surface area contributed by atoms with Crippen molar-refractivity contribution in [1.82, 2.24) is 9.27 Å². The van der Waals surface area contributed by atoms with Crippen molar-refractivity contribution in [3.8, 4) is 11.3 Å². The number of carbonyl (C=O) groups is 1. The zero-order valence-electron chi connectivity index (χ0n) is 14.4. The van der Waals surface area contributed by atoms with E-state index in [4.69, 9.17) is 0 Å². The first kappa shape index (κ1) is 17.6. The van der Waals surface area contributed by atoms with Crippen LogP contribution in [0.5, 0.6) is 0 Å². The lowest BCUT2D eigenvalue weighted by atomic mass is 10.1. The SMILES string of the molecule is O=C(c1cc(-c2cccc(F)c2)ns1)N1CCN(c2ccc(F)cc2)CC1. The Balaban J connectivity index is 1.42. The Morgan fingerprint density at radius 1 is 0.926 bits per heavy atom. The normalized spacial score (nSPS) is 14.4. The van der Waals surface area contributed by atoms with E-state index in [-0.39, 0.29) is 17.5 Å². The molecule has 4 nitrogen and oxygen atoms in total. The van der Waals surface area contributed by atoms with Gasteiger partial charge in [-0.05, 0) is 54.0 Å². The number of anilines is 1. The number of rotatable bonds is 3. The van der Waals surface area contributed by atoms with Crippen LogP contribution in [-0.4, -0.2) is 41.4 Å². The third kappa shape index (κ3) is 3.83. The van der Waals surface area contributed by atoms with Crippen molar-refractivity contribution in [2.24, 2.45) is 0 Å². The molecule has 1 aromatic heterocycles. The molecule has 0 saturated carbocycles. The Bertz CT molecular complexity index is 950. The number of carbonyl (C=O) groups excluding carboxylic acids is 1. The molecule has 0 radical (unpaired) electrons. The fourth-order valence-electron chi connectivity index (χ4n) is 3.14. The second-order valence-electron chi connectivity index (χ2n) is 6.34. The topological polar surface area (TPSA) is 36.4 Å². The van der Waals surface area contributed by atoms with Crippen LogP contribution in [0.1, 0.15) is 9.67 Å². The molecule has 0 aliphatic carbocycles. The van der Waals surface area contributed by atoms with E-state index in [0.717, 1.165) is 17.2 Å². The number of amides is 1. The van der Waals surface area contributed by atoms with Gasteiger partial charge in [-0.1, -0.05) is 12.1 Å². The van der Waals surface area contributed by atoms with Crippen molar-refractivity contribution in [2.75, 3.05) is 31.1 Å². The molecule has 1 aliphatic heterocycles. The fraction of sp³-hybridized carbons (Fsp3) is 0.200. The maximum atomic E-state index is 13.4. The molecule has 3 aromatic rings. The summed E-state index contributed by atoms with van der Waals surface area (Å²) in [5, 5.41) is 0. The molecule has 0 bridgehead atoms. The molecule has 2 aromatic carbocycles. The highest BCUT2D eigenvalue weighted by atomic mass is 32.1. The van der Waals surface area contributed by atoms with Gasteiger partial charge in [-0.2, -0.15) is 4.37 Å². The van der Waals surface area contributed by atoms with E-state index in [2.05, 4.69) is 9.27 Å². The van der Waals surface area contributed by atoms with Gasteiger partial charge >= 0.3 is 0 Å². The van der Waals surface area contributed by atoms with Crippen molar-refractivity contribution < 1.29 is 13.6 Å². The lowest BCUT2D eigenvalue weighted by Crippen LogP contribution is -2.48. The third-order valence-electron chi connectivity index (χ3n) is 4.60. The van der Waals surface area contributed by atoms with E-state index in [1.807, 2.05) is 0 Å². The van der Waals surface area contributed by atoms with Crippen molar-refractivity contribution in [1.29, 1.82) is 0 Å². The van der Waals surface area contributed by atoms with Gasteiger partial charge in [-0.25, -0.2) is 8.78 Å². The van der Waals surface area contributed by atoms with Gasteiger partial charge in [-0.15, -0.1) is 0 Å².